The molecule has 0 aliphatic carbocycles. The third-order valence-electron chi connectivity index (χ3n) is 2.87. The maximum absolute atomic E-state index is 5.82. The summed E-state index contributed by atoms with van der Waals surface area (Å²) in [5.41, 5.74) is 2.17. The normalized spacial score (nSPS) is 15.5. The van der Waals surface area contributed by atoms with Gasteiger partial charge in [0.15, 0.2) is 0 Å². The number of aromatic nitrogens is 1. The third kappa shape index (κ3) is 1.74. The molecule has 1 aliphatic rings. The van der Waals surface area contributed by atoms with Crippen molar-refractivity contribution in [2.75, 3.05) is 13.1 Å². The summed E-state index contributed by atoms with van der Waals surface area (Å²) >= 11 is 0. The van der Waals surface area contributed by atoms with Gasteiger partial charge in [-0.15, -0.1) is 0 Å². The zero-order valence-electron chi connectivity index (χ0n) is 9.07. The van der Waals surface area contributed by atoms with E-state index in [4.69, 9.17) is 4.42 Å². The number of nitrogens with zero attached hydrogens (tertiary/aromatic N) is 1. The predicted octanol–water partition coefficient (Wildman–Crippen LogP) is 2.03. The summed E-state index contributed by atoms with van der Waals surface area (Å²) in [5.74, 6) is 1.80. The molecule has 16 heavy (non-hydrogen) atoms. The van der Waals surface area contributed by atoms with Crippen molar-refractivity contribution < 1.29 is 4.42 Å². The van der Waals surface area contributed by atoms with Crippen LogP contribution in [0.4, 0.5) is 0 Å². The summed E-state index contributed by atoms with van der Waals surface area (Å²) in [4.78, 5) is 4.57. The van der Waals surface area contributed by atoms with Crippen molar-refractivity contribution in [1.29, 1.82) is 0 Å². The number of nitrogens with one attached hydrogen (secondary N) is 1. The molecule has 0 bridgehead atoms. The van der Waals surface area contributed by atoms with E-state index in [-0.39, 0.29) is 0 Å². The molecule has 2 heterocycles. The monoisotopic (exact) mass is 214 g/mol. The van der Waals surface area contributed by atoms with Gasteiger partial charge in [-0.1, -0.05) is 18.2 Å². The minimum Gasteiger partial charge on any atom is -0.441 e. The molecule has 0 fully saturated rings. The molecule has 0 spiro atoms. The first-order valence-electron chi connectivity index (χ1n) is 5.68. The first kappa shape index (κ1) is 9.60. The third-order valence-corrected chi connectivity index (χ3v) is 2.87. The fourth-order valence-electron chi connectivity index (χ4n) is 2.01. The smallest absolute Gasteiger partial charge is 0.226 e. The van der Waals surface area contributed by atoms with Gasteiger partial charge < -0.3 is 9.73 Å². The SMILES string of the molecule is c1ccc(-c2nc3c(o2)CCNCC3)cc1. The molecule has 3 heteroatoms. The van der Waals surface area contributed by atoms with Crippen molar-refractivity contribution in [2.45, 2.75) is 12.8 Å². The van der Waals surface area contributed by atoms with E-state index in [1.54, 1.807) is 0 Å². The Hall–Kier alpha value is -1.61. The molecule has 3 nitrogen and oxygen atoms in total. The van der Waals surface area contributed by atoms with Crippen molar-refractivity contribution >= 4 is 0 Å². The summed E-state index contributed by atoms with van der Waals surface area (Å²) in [7, 11) is 0. The lowest BCUT2D eigenvalue weighted by Crippen LogP contribution is -2.16. The van der Waals surface area contributed by atoms with Crippen LogP contribution >= 0.6 is 0 Å². The molecule has 0 radical (unpaired) electrons. The number of hydrogen-bond donors (Lipinski definition) is 1. The van der Waals surface area contributed by atoms with Crippen LogP contribution in [0.1, 0.15) is 11.5 Å². The van der Waals surface area contributed by atoms with E-state index in [9.17, 15) is 0 Å². The lowest BCUT2D eigenvalue weighted by Gasteiger charge is -1.96. The van der Waals surface area contributed by atoms with Crippen molar-refractivity contribution in [1.82, 2.24) is 10.3 Å². The zero-order valence-corrected chi connectivity index (χ0v) is 9.07. The molecule has 1 N–H and O–H groups in total. The maximum atomic E-state index is 5.82. The highest BCUT2D eigenvalue weighted by molar-refractivity contribution is 5.53. The highest BCUT2D eigenvalue weighted by Crippen LogP contribution is 2.23. The molecule has 82 valence electrons. The van der Waals surface area contributed by atoms with Gasteiger partial charge >= 0.3 is 0 Å². The van der Waals surface area contributed by atoms with Crippen LogP contribution in [0, 0.1) is 0 Å². The minimum absolute atomic E-state index is 0.757. The second-order valence-electron chi connectivity index (χ2n) is 4.00. The Kier molecular flexibility index (Phi) is 2.46. The van der Waals surface area contributed by atoms with Gasteiger partial charge in [0.2, 0.25) is 5.89 Å². The Balaban J connectivity index is 1.98. The highest BCUT2D eigenvalue weighted by atomic mass is 16.4. The van der Waals surface area contributed by atoms with E-state index in [2.05, 4.69) is 10.3 Å². The summed E-state index contributed by atoms with van der Waals surface area (Å²) < 4.78 is 5.82. The summed E-state index contributed by atoms with van der Waals surface area (Å²) in [5, 5.41) is 3.34. The second kappa shape index (κ2) is 4.10. The lowest BCUT2D eigenvalue weighted by molar-refractivity contribution is 0.513. The summed E-state index contributed by atoms with van der Waals surface area (Å²) in [6, 6.07) is 10.1. The Morgan fingerprint density at radius 2 is 1.88 bits per heavy atom. The van der Waals surface area contributed by atoms with Crippen LogP contribution in [-0.4, -0.2) is 18.1 Å². The van der Waals surface area contributed by atoms with Crippen molar-refractivity contribution in [3.05, 3.63) is 41.8 Å². The average molecular weight is 214 g/mol. The zero-order chi connectivity index (χ0) is 10.8. The van der Waals surface area contributed by atoms with Gasteiger partial charge in [-0.2, -0.15) is 0 Å². The molecular formula is C13H14N2O. The van der Waals surface area contributed by atoms with Gasteiger partial charge in [-0.3, -0.25) is 0 Å². The van der Waals surface area contributed by atoms with Crippen LogP contribution < -0.4 is 5.32 Å². The second-order valence-corrected chi connectivity index (χ2v) is 4.00. The molecule has 1 aromatic carbocycles. The Morgan fingerprint density at radius 1 is 1.06 bits per heavy atom. The van der Waals surface area contributed by atoms with E-state index in [1.165, 1.54) is 0 Å². The quantitative estimate of drug-likeness (QED) is 0.789. The molecule has 0 atom stereocenters. The van der Waals surface area contributed by atoms with Crippen LogP contribution in [0.3, 0.4) is 0 Å². The van der Waals surface area contributed by atoms with Gasteiger partial charge in [0.05, 0.1) is 5.69 Å². The molecule has 0 amide bonds. The first-order chi connectivity index (χ1) is 7.93. The first-order valence-corrected chi connectivity index (χ1v) is 5.68. The molecular weight excluding hydrogens is 200 g/mol. The largest absolute Gasteiger partial charge is 0.441 e. The average Bonchev–Trinajstić information content (AvgIpc) is 2.62. The van der Waals surface area contributed by atoms with Crippen LogP contribution in [0.15, 0.2) is 34.7 Å². The number of fused-ring (bicyclic) bond motifs is 1. The van der Waals surface area contributed by atoms with Crippen LogP contribution in [0.25, 0.3) is 11.5 Å². The van der Waals surface area contributed by atoms with Gasteiger partial charge in [-0.25, -0.2) is 4.98 Å². The van der Waals surface area contributed by atoms with E-state index in [1.807, 2.05) is 30.3 Å². The Labute approximate surface area is 94.5 Å². The number of benzene rings is 1. The van der Waals surface area contributed by atoms with Gasteiger partial charge in [0.1, 0.15) is 5.76 Å². The molecule has 1 aliphatic heterocycles. The van der Waals surface area contributed by atoms with Crippen LogP contribution in [0.2, 0.25) is 0 Å². The van der Waals surface area contributed by atoms with E-state index in [0.717, 1.165) is 48.8 Å². The maximum Gasteiger partial charge on any atom is 0.226 e. The summed E-state index contributed by atoms with van der Waals surface area (Å²) in [6.07, 6.45) is 1.90. The van der Waals surface area contributed by atoms with E-state index >= 15 is 0 Å². The molecule has 0 saturated heterocycles. The van der Waals surface area contributed by atoms with Crippen molar-refractivity contribution in [3.63, 3.8) is 0 Å². The van der Waals surface area contributed by atoms with Gasteiger partial charge in [0, 0.05) is 31.5 Å². The Morgan fingerprint density at radius 3 is 2.75 bits per heavy atom. The minimum atomic E-state index is 0.757. The molecule has 2 aromatic rings. The molecule has 1 aromatic heterocycles. The van der Waals surface area contributed by atoms with Gasteiger partial charge in [-0.05, 0) is 12.1 Å². The standard InChI is InChI=1S/C13H14N2O/c1-2-4-10(5-3-1)13-15-11-6-8-14-9-7-12(11)16-13/h1-5,14H,6-9H2. The topological polar surface area (TPSA) is 38.1 Å². The van der Waals surface area contributed by atoms with E-state index in [0.29, 0.717) is 0 Å². The highest BCUT2D eigenvalue weighted by Gasteiger charge is 2.15. The summed E-state index contributed by atoms with van der Waals surface area (Å²) in [6.45, 7) is 1.98. The number of rotatable bonds is 1. The van der Waals surface area contributed by atoms with Crippen LogP contribution in [-0.2, 0) is 12.8 Å². The lowest BCUT2D eigenvalue weighted by atomic mass is 10.2. The van der Waals surface area contributed by atoms with Crippen molar-refractivity contribution in [2.24, 2.45) is 0 Å². The van der Waals surface area contributed by atoms with Crippen LogP contribution in [0.5, 0.6) is 0 Å². The van der Waals surface area contributed by atoms with Gasteiger partial charge in [0.25, 0.3) is 0 Å². The molecule has 3 rings (SSSR count). The molecule has 0 saturated carbocycles. The predicted molar refractivity (Wildman–Crippen MR) is 62.2 cm³/mol. The number of hydrogen-bond acceptors (Lipinski definition) is 3. The number of oxazole rings is 1. The fraction of sp³-hybridized carbons (Fsp3) is 0.308. The fourth-order valence-corrected chi connectivity index (χ4v) is 2.01. The van der Waals surface area contributed by atoms with E-state index < -0.39 is 0 Å². The molecule has 0 unspecified atom stereocenters. The van der Waals surface area contributed by atoms with Crippen molar-refractivity contribution in [3.8, 4) is 11.5 Å². The Bertz CT molecular complexity index is 452.